The Labute approximate surface area is 125 Å². The van der Waals surface area contributed by atoms with Gasteiger partial charge >= 0.3 is 6.61 Å². The fourth-order valence-electron chi connectivity index (χ4n) is 3.16. The maximum Gasteiger partial charge on any atom is 0.387 e. The van der Waals surface area contributed by atoms with Crippen molar-refractivity contribution in [2.75, 3.05) is 0 Å². The number of alkyl halides is 2. The van der Waals surface area contributed by atoms with Crippen molar-refractivity contribution >= 4 is 0 Å². The van der Waals surface area contributed by atoms with Crippen LogP contribution in [0.5, 0.6) is 5.75 Å². The van der Waals surface area contributed by atoms with E-state index in [2.05, 4.69) is 30.8 Å². The third kappa shape index (κ3) is 4.40. The first-order valence-corrected chi connectivity index (χ1v) is 7.69. The topological polar surface area (TPSA) is 21.3 Å². The maximum atomic E-state index is 12.3. The molecule has 1 aliphatic carbocycles. The highest BCUT2D eigenvalue weighted by atomic mass is 19.3. The highest BCUT2D eigenvalue weighted by Gasteiger charge is 2.32. The van der Waals surface area contributed by atoms with Gasteiger partial charge in [-0.15, -0.1) is 0 Å². The first-order chi connectivity index (χ1) is 9.88. The van der Waals surface area contributed by atoms with Gasteiger partial charge in [-0.2, -0.15) is 8.78 Å². The largest absolute Gasteiger partial charge is 0.435 e. The van der Waals surface area contributed by atoms with E-state index >= 15 is 0 Å². The van der Waals surface area contributed by atoms with E-state index in [1.54, 1.807) is 18.2 Å². The van der Waals surface area contributed by atoms with Gasteiger partial charge in [0.2, 0.25) is 0 Å². The van der Waals surface area contributed by atoms with E-state index in [0.29, 0.717) is 6.04 Å². The highest BCUT2D eigenvalue weighted by molar-refractivity contribution is 5.30. The zero-order valence-electron chi connectivity index (χ0n) is 13.0. The Kier molecular flexibility index (Phi) is 5.20. The van der Waals surface area contributed by atoms with E-state index in [4.69, 9.17) is 0 Å². The average molecular weight is 297 g/mol. The number of halogens is 2. The van der Waals surface area contributed by atoms with Gasteiger partial charge in [-0.3, -0.25) is 0 Å². The number of nitrogens with one attached hydrogen (secondary N) is 1. The molecule has 0 radical (unpaired) electrons. The van der Waals surface area contributed by atoms with Crippen molar-refractivity contribution < 1.29 is 13.5 Å². The Morgan fingerprint density at radius 1 is 1.29 bits per heavy atom. The van der Waals surface area contributed by atoms with Crippen molar-refractivity contribution in [2.45, 2.75) is 65.1 Å². The van der Waals surface area contributed by atoms with Crippen molar-refractivity contribution in [3.8, 4) is 5.75 Å². The minimum Gasteiger partial charge on any atom is -0.435 e. The molecule has 0 bridgehead atoms. The zero-order chi connectivity index (χ0) is 15.5. The predicted octanol–water partition coefficient (Wildman–Crippen LogP) is 4.91. The van der Waals surface area contributed by atoms with Crippen LogP contribution in [-0.2, 0) is 0 Å². The molecular formula is C17H25F2NO. The van der Waals surface area contributed by atoms with Gasteiger partial charge in [-0.1, -0.05) is 38.8 Å². The van der Waals surface area contributed by atoms with Crippen molar-refractivity contribution in [3.05, 3.63) is 29.8 Å². The summed E-state index contributed by atoms with van der Waals surface area (Å²) in [5.41, 5.74) is 1.26. The Morgan fingerprint density at radius 3 is 2.71 bits per heavy atom. The van der Waals surface area contributed by atoms with E-state index < -0.39 is 6.61 Å². The molecule has 0 saturated heterocycles. The summed E-state index contributed by atoms with van der Waals surface area (Å²) in [6.07, 6.45) is 4.94. The summed E-state index contributed by atoms with van der Waals surface area (Å²) in [6, 6.07) is 7.55. The number of ether oxygens (including phenoxy) is 1. The molecule has 4 heteroatoms. The SMILES string of the molecule is CC(NC1CCCCC1(C)C)c1cccc(OC(F)F)c1. The lowest BCUT2D eigenvalue weighted by Gasteiger charge is -2.41. The molecule has 0 aliphatic heterocycles. The van der Waals surface area contributed by atoms with Crippen LogP contribution in [0, 0.1) is 5.41 Å². The van der Waals surface area contributed by atoms with Crippen LogP contribution >= 0.6 is 0 Å². The summed E-state index contributed by atoms with van der Waals surface area (Å²) in [6.45, 7) is 3.90. The molecule has 1 aromatic carbocycles. The standard InChI is InChI=1S/C17H25F2NO/c1-12(20-15-9-4-5-10-17(15,2)3)13-7-6-8-14(11-13)21-16(18)19/h6-8,11-12,15-16,20H,4-5,9-10H2,1-3H3. The molecule has 118 valence electrons. The van der Waals surface area contributed by atoms with Crippen molar-refractivity contribution in [1.29, 1.82) is 0 Å². The molecule has 0 amide bonds. The molecule has 0 heterocycles. The van der Waals surface area contributed by atoms with Gasteiger partial charge in [-0.05, 0) is 42.9 Å². The van der Waals surface area contributed by atoms with Crippen LogP contribution in [0.1, 0.15) is 58.1 Å². The zero-order valence-corrected chi connectivity index (χ0v) is 13.0. The molecule has 0 aromatic heterocycles. The van der Waals surface area contributed by atoms with Crippen molar-refractivity contribution in [3.63, 3.8) is 0 Å². The van der Waals surface area contributed by atoms with Crippen LogP contribution in [0.2, 0.25) is 0 Å². The van der Waals surface area contributed by atoms with E-state index in [-0.39, 0.29) is 17.2 Å². The third-order valence-electron chi connectivity index (χ3n) is 4.54. The number of benzene rings is 1. The average Bonchev–Trinajstić information content (AvgIpc) is 2.40. The lowest BCUT2D eigenvalue weighted by Crippen LogP contribution is -2.45. The summed E-state index contributed by atoms with van der Waals surface area (Å²) in [7, 11) is 0. The molecular weight excluding hydrogens is 272 g/mol. The van der Waals surface area contributed by atoms with Crippen LogP contribution in [0.4, 0.5) is 8.78 Å². The molecule has 2 rings (SSSR count). The smallest absolute Gasteiger partial charge is 0.387 e. The van der Waals surface area contributed by atoms with Crippen LogP contribution in [0.3, 0.4) is 0 Å². The molecule has 2 unspecified atom stereocenters. The van der Waals surface area contributed by atoms with Gasteiger partial charge in [-0.25, -0.2) is 0 Å². The normalized spacial score (nSPS) is 23.0. The van der Waals surface area contributed by atoms with E-state index in [1.165, 1.54) is 25.7 Å². The molecule has 1 N–H and O–H groups in total. The summed E-state index contributed by atoms with van der Waals surface area (Å²) in [4.78, 5) is 0. The second kappa shape index (κ2) is 6.73. The Bertz CT molecular complexity index is 462. The van der Waals surface area contributed by atoms with Gasteiger partial charge in [0, 0.05) is 12.1 Å². The fraction of sp³-hybridized carbons (Fsp3) is 0.647. The predicted molar refractivity (Wildman–Crippen MR) is 80.7 cm³/mol. The fourth-order valence-corrected chi connectivity index (χ4v) is 3.16. The summed E-state index contributed by atoms with van der Waals surface area (Å²) >= 11 is 0. The minimum absolute atomic E-state index is 0.119. The van der Waals surface area contributed by atoms with E-state index in [9.17, 15) is 8.78 Å². The van der Waals surface area contributed by atoms with E-state index in [1.807, 2.05) is 6.07 Å². The molecule has 2 atom stereocenters. The maximum absolute atomic E-state index is 12.3. The molecule has 0 spiro atoms. The van der Waals surface area contributed by atoms with Gasteiger partial charge in [0.05, 0.1) is 0 Å². The van der Waals surface area contributed by atoms with E-state index in [0.717, 1.165) is 5.56 Å². The van der Waals surface area contributed by atoms with Gasteiger partial charge in [0.25, 0.3) is 0 Å². The van der Waals surface area contributed by atoms with Crippen LogP contribution in [0.15, 0.2) is 24.3 Å². The first kappa shape index (κ1) is 16.2. The number of rotatable bonds is 5. The van der Waals surface area contributed by atoms with Crippen LogP contribution < -0.4 is 10.1 Å². The van der Waals surface area contributed by atoms with Crippen molar-refractivity contribution in [2.24, 2.45) is 5.41 Å². The highest BCUT2D eigenvalue weighted by Crippen LogP contribution is 2.36. The number of hydrogen-bond donors (Lipinski definition) is 1. The van der Waals surface area contributed by atoms with Gasteiger partial charge in [0.15, 0.2) is 0 Å². The first-order valence-electron chi connectivity index (χ1n) is 7.69. The minimum atomic E-state index is -2.78. The summed E-state index contributed by atoms with van der Waals surface area (Å²) in [5.74, 6) is 0.221. The van der Waals surface area contributed by atoms with Crippen LogP contribution in [-0.4, -0.2) is 12.7 Å². The van der Waals surface area contributed by atoms with Gasteiger partial charge < -0.3 is 10.1 Å². The summed E-state index contributed by atoms with van der Waals surface area (Å²) in [5, 5.41) is 3.66. The quantitative estimate of drug-likeness (QED) is 0.834. The molecule has 1 aliphatic rings. The second-order valence-corrected chi connectivity index (χ2v) is 6.63. The number of hydrogen-bond acceptors (Lipinski definition) is 2. The Hall–Kier alpha value is -1.16. The monoisotopic (exact) mass is 297 g/mol. The lowest BCUT2D eigenvalue weighted by atomic mass is 9.73. The summed E-state index contributed by atoms with van der Waals surface area (Å²) < 4.78 is 29.1. The Balaban J connectivity index is 2.04. The Morgan fingerprint density at radius 2 is 2.05 bits per heavy atom. The lowest BCUT2D eigenvalue weighted by molar-refractivity contribution is -0.0499. The second-order valence-electron chi connectivity index (χ2n) is 6.63. The molecule has 1 fully saturated rings. The third-order valence-corrected chi connectivity index (χ3v) is 4.54. The molecule has 1 aromatic rings. The van der Waals surface area contributed by atoms with Crippen LogP contribution in [0.25, 0.3) is 0 Å². The molecule has 21 heavy (non-hydrogen) atoms. The van der Waals surface area contributed by atoms with Crippen molar-refractivity contribution in [1.82, 2.24) is 5.32 Å². The molecule has 1 saturated carbocycles. The van der Waals surface area contributed by atoms with Gasteiger partial charge in [0.1, 0.15) is 5.75 Å². The molecule has 2 nitrogen and oxygen atoms in total.